The summed E-state index contributed by atoms with van der Waals surface area (Å²) >= 11 is 3.41. The molecular formula is C21H31BrO4. The van der Waals surface area contributed by atoms with E-state index in [2.05, 4.69) is 22.9 Å². The van der Waals surface area contributed by atoms with Crippen LogP contribution in [-0.2, 0) is 25.5 Å². The Balaban J connectivity index is 1.98. The van der Waals surface area contributed by atoms with Crippen molar-refractivity contribution >= 4 is 27.9 Å². The fraction of sp³-hybridized carbons (Fsp3) is 0.619. The third-order valence-electron chi connectivity index (χ3n) is 4.09. The Morgan fingerprint density at radius 1 is 0.885 bits per heavy atom. The third kappa shape index (κ3) is 12.1. The fourth-order valence-corrected chi connectivity index (χ4v) is 3.02. The van der Waals surface area contributed by atoms with Gasteiger partial charge in [0.1, 0.15) is 0 Å². The van der Waals surface area contributed by atoms with Crippen LogP contribution < -0.4 is 0 Å². The molecule has 0 bridgehead atoms. The minimum Gasteiger partial charge on any atom is -0.466 e. The molecule has 146 valence electrons. The molecule has 1 aromatic rings. The van der Waals surface area contributed by atoms with E-state index in [9.17, 15) is 9.59 Å². The topological polar surface area (TPSA) is 52.6 Å². The zero-order valence-corrected chi connectivity index (χ0v) is 17.4. The molecule has 0 heterocycles. The van der Waals surface area contributed by atoms with Crippen LogP contribution in [0.15, 0.2) is 28.7 Å². The number of unbranched alkanes of at least 4 members (excludes halogenated alkanes) is 6. The summed E-state index contributed by atoms with van der Waals surface area (Å²) in [4.78, 5) is 23.3. The van der Waals surface area contributed by atoms with Crippen LogP contribution >= 0.6 is 15.9 Å². The smallest absolute Gasteiger partial charge is 0.306 e. The highest BCUT2D eigenvalue weighted by Crippen LogP contribution is 2.12. The van der Waals surface area contributed by atoms with Gasteiger partial charge in [0.2, 0.25) is 0 Å². The number of benzene rings is 1. The number of halogens is 1. The molecule has 0 aliphatic rings. The first-order chi connectivity index (χ1) is 12.6. The van der Waals surface area contributed by atoms with Gasteiger partial charge in [-0.3, -0.25) is 9.59 Å². The van der Waals surface area contributed by atoms with E-state index in [1.807, 2.05) is 24.3 Å². The van der Waals surface area contributed by atoms with Gasteiger partial charge in [-0.05, 0) is 24.1 Å². The van der Waals surface area contributed by atoms with Crippen molar-refractivity contribution < 1.29 is 19.1 Å². The maximum absolute atomic E-state index is 11.7. The van der Waals surface area contributed by atoms with E-state index in [1.165, 1.54) is 32.1 Å². The van der Waals surface area contributed by atoms with Crippen LogP contribution in [-0.4, -0.2) is 25.2 Å². The zero-order valence-electron chi connectivity index (χ0n) is 15.8. The number of rotatable bonds is 14. The average Bonchev–Trinajstić information content (AvgIpc) is 2.62. The Labute approximate surface area is 165 Å². The second-order valence-electron chi connectivity index (χ2n) is 6.44. The lowest BCUT2D eigenvalue weighted by Crippen LogP contribution is -2.12. The van der Waals surface area contributed by atoms with Crippen LogP contribution in [0, 0.1) is 0 Å². The minimum atomic E-state index is -0.354. The lowest BCUT2D eigenvalue weighted by Gasteiger charge is -2.06. The van der Waals surface area contributed by atoms with Gasteiger partial charge in [-0.15, -0.1) is 0 Å². The number of esters is 2. The summed E-state index contributed by atoms with van der Waals surface area (Å²) in [6.45, 7) is 2.98. The summed E-state index contributed by atoms with van der Waals surface area (Å²) in [5.74, 6) is -0.673. The van der Waals surface area contributed by atoms with E-state index in [0.717, 1.165) is 22.9 Å². The van der Waals surface area contributed by atoms with Crippen molar-refractivity contribution in [2.45, 2.75) is 71.1 Å². The van der Waals surface area contributed by atoms with Crippen LogP contribution in [0.25, 0.3) is 0 Å². The normalized spacial score (nSPS) is 10.5. The van der Waals surface area contributed by atoms with Crippen molar-refractivity contribution in [1.82, 2.24) is 0 Å². The fourth-order valence-electron chi connectivity index (χ4n) is 2.57. The van der Waals surface area contributed by atoms with Crippen molar-refractivity contribution in [1.29, 1.82) is 0 Å². The molecule has 0 aliphatic heterocycles. The van der Waals surface area contributed by atoms with Gasteiger partial charge in [-0.1, -0.05) is 73.5 Å². The Hall–Kier alpha value is -1.36. The lowest BCUT2D eigenvalue weighted by atomic mass is 10.1. The number of carbonyl (C=O) groups is 2. The van der Waals surface area contributed by atoms with Crippen molar-refractivity contribution in [3.05, 3.63) is 34.3 Å². The monoisotopic (exact) mass is 426 g/mol. The largest absolute Gasteiger partial charge is 0.466 e. The molecule has 0 aliphatic carbocycles. The van der Waals surface area contributed by atoms with E-state index >= 15 is 0 Å². The summed E-state index contributed by atoms with van der Waals surface area (Å²) in [6.07, 6.45) is 9.12. The number of carbonyl (C=O) groups excluding carboxylic acids is 2. The quantitative estimate of drug-likeness (QED) is 0.286. The van der Waals surface area contributed by atoms with Gasteiger partial charge < -0.3 is 9.47 Å². The lowest BCUT2D eigenvalue weighted by molar-refractivity contribution is -0.150. The molecule has 1 rings (SSSR count). The highest BCUT2D eigenvalue weighted by molar-refractivity contribution is 9.10. The van der Waals surface area contributed by atoms with Crippen LogP contribution in [0.5, 0.6) is 0 Å². The minimum absolute atomic E-state index is 0.0777. The maximum atomic E-state index is 11.7. The average molecular weight is 427 g/mol. The van der Waals surface area contributed by atoms with E-state index in [0.29, 0.717) is 19.6 Å². The van der Waals surface area contributed by atoms with Gasteiger partial charge in [0.25, 0.3) is 0 Å². The summed E-state index contributed by atoms with van der Waals surface area (Å²) in [7, 11) is 0. The predicted molar refractivity (Wildman–Crippen MR) is 107 cm³/mol. The molecule has 0 atom stereocenters. The van der Waals surface area contributed by atoms with Gasteiger partial charge in [0.05, 0.1) is 26.1 Å². The molecule has 4 nitrogen and oxygen atoms in total. The van der Waals surface area contributed by atoms with Gasteiger partial charge in [-0.25, -0.2) is 0 Å². The van der Waals surface area contributed by atoms with E-state index in [-0.39, 0.29) is 24.8 Å². The first-order valence-electron chi connectivity index (χ1n) is 9.67. The molecule has 26 heavy (non-hydrogen) atoms. The maximum Gasteiger partial charge on any atom is 0.306 e. The molecule has 0 radical (unpaired) electrons. The van der Waals surface area contributed by atoms with Crippen LogP contribution in [0.3, 0.4) is 0 Å². The predicted octanol–water partition coefficient (Wildman–Crippen LogP) is 5.61. The van der Waals surface area contributed by atoms with Gasteiger partial charge in [0, 0.05) is 10.9 Å². The molecule has 0 saturated carbocycles. The van der Waals surface area contributed by atoms with Crippen molar-refractivity contribution in [3.63, 3.8) is 0 Å². The number of ether oxygens (including phenoxy) is 2. The molecule has 0 amide bonds. The highest BCUT2D eigenvalue weighted by Gasteiger charge is 2.09. The molecule has 1 aromatic carbocycles. The summed E-state index contributed by atoms with van der Waals surface area (Å²) in [6, 6.07) is 7.88. The second kappa shape index (κ2) is 14.8. The zero-order chi connectivity index (χ0) is 19.0. The first kappa shape index (κ1) is 22.7. The van der Waals surface area contributed by atoms with E-state index < -0.39 is 0 Å². The van der Waals surface area contributed by atoms with Gasteiger partial charge >= 0.3 is 11.9 Å². The molecule has 0 aromatic heterocycles. The number of hydrogen-bond donors (Lipinski definition) is 0. The Morgan fingerprint density at radius 2 is 1.50 bits per heavy atom. The van der Waals surface area contributed by atoms with Gasteiger partial charge in [0.15, 0.2) is 0 Å². The van der Waals surface area contributed by atoms with Crippen molar-refractivity contribution in [2.75, 3.05) is 13.2 Å². The highest BCUT2D eigenvalue weighted by atomic mass is 79.9. The molecule has 0 fully saturated rings. The summed E-state index contributed by atoms with van der Waals surface area (Å²) in [5, 5.41) is 0. The Bertz CT molecular complexity index is 530. The van der Waals surface area contributed by atoms with E-state index in [1.54, 1.807) is 0 Å². The molecule has 0 spiro atoms. The van der Waals surface area contributed by atoms with Crippen molar-refractivity contribution in [3.8, 4) is 0 Å². The van der Waals surface area contributed by atoms with Gasteiger partial charge in [-0.2, -0.15) is 0 Å². The molecule has 0 N–H and O–H groups in total. The SMILES string of the molecule is CCCCCCCCCOC(=O)CCC(=O)OCCc1cccc(Br)c1. The Kier molecular flexibility index (Phi) is 12.9. The summed E-state index contributed by atoms with van der Waals surface area (Å²) < 4.78 is 11.3. The van der Waals surface area contributed by atoms with Crippen LogP contribution in [0.1, 0.15) is 70.3 Å². The van der Waals surface area contributed by atoms with Crippen molar-refractivity contribution in [2.24, 2.45) is 0 Å². The first-order valence-corrected chi connectivity index (χ1v) is 10.5. The molecular weight excluding hydrogens is 396 g/mol. The molecule has 5 heteroatoms. The third-order valence-corrected chi connectivity index (χ3v) is 4.58. The Morgan fingerprint density at radius 3 is 2.15 bits per heavy atom. The van der Waals surface area contributed by atoms with E-state index in [4.69, 9.17) is 9.47 Å². The summed E-state index contributed by atoms with van der Waals surface area (Å²) in [5.41, 5.74) is 1.10. The van der Waals surface area contributed by atoms with Crippen LogP contribution in [0.2, 0.25) is 0 Å². The second-order valence-corrected chi connectivity index (χ2v) is 7.36. The van der Waals surface area contributed by atoms with Crippen LogP contribution in [0.4, 0.5) is 0 Å². The number of hydrogen-bond acceptors (Lipinski definition) is 4. The molecule has 0 saturated heterocycles. The molecule has 0 unspecified atom stereocenters. The standard InChI is InChI=1S/C21H31BrO4/c1-2-3-4-5-6-7-8-15-25-20(23)12-13-21(24)26-16-14-18-10-9-11-19(22)17-18/h9-11,17H,2-8,12-16H2,1H3.